The Morgan fingerprint density at radius 3 is 2.58 bits per heavy atom. The molecule has 0 bridgehead atoms. The van der Waals surface area contributed by atoms with Gasteiger partial charge in [-0.15, -0.1) is 0 Å². The minimum Gasteiger partial charge on any atom is -0.476 e. The summed E-state index contributed by atoms with van der Waals surface area (Å²) in [5, 5.41) is 2.84. The number of nitrogens with zero attached hydrogens (tertiary/aromatic N) is 1. The highest BCUT2D eigenvalue weighted by atomic mass is 79.9. The molecule has 0 fully saturated rings. The third-order valence-electron chi connectivity index (χ3n) is 3.32. The van der Waals surface area contributed by atoms with Crippen LogP contribution < -0.4 is 10.1 Å². The Morgan fingerprint density at radius 2 is 1.88 bits per heavy atom. The molecule has 120 valence electrons. The van der Waals surface area contributed by atoms with Crippen LogP contribution in [0.15, 0.2) is 83.6 Å². The van der Waals surface area contributed by atoms with Gasteiger partial charge in [0.1, 0.15) is 5.75 Å². The van der Waals surface area contributed by atoms with Crippen LogP contribution in [0.2, 0.25) is 0 Å². The molecule has 0 radical (unpaired) electrons. The van der Waals surface area contributed by atoms with E-state index in [0.717, 1.165) is 10.0 Å². The lowest BCUT2D eigenvalue weighted by Crippen LogP contribution is -2.25. The van der Waals surface area contributed by atoms with Crippen LogP contribution in [0.25, 0.3) is 0 Å². The third kappa shape index (κ3) is 4.20. The van der Waals surface area contributed by atoms with E-state index in [1.54, 1.807) is 24.5 Å². The van der Waals surface area contributed by atoms with Crippen molar-refractivity contribution >= 4 is 27.5 Å². The fourth-order valence-corrected chi connectivity index (χ4v) is 2.60. The minimum atomic E-state index is -0.763. The Kier molecular flexibility index (Phi) is 5.23. The number of benzene rings is 2. The van der Waals surface area contributed by atoms with E-state index in [0.29, 0.717) is 11.4 Å². The number of ether oxygens (including phenoxy) is 1. The Morgan fingerprint density at radius 1 is 1.04 bits per heavy atom. The molecule has 24 heavy (non-hydrogen) atoms. The number of nitrogens with one attached hydrogen (secondary N) is 1. The normalized spacial score (nSPS) is 11.5. The van der Waals surface area contributed by atoms with E-state index in [9.17, 15) is 4.79 Å². The van der Waals surface area contributed by atoms with Crippen molar-refractivity contribution in [2.75, 3.05) is 5.32 Å². The molecule has 1 atom stereocenters. The second-order valence-corrected chi connectivity index (χ2v) is 6.01. The summed E-state index contributed by atoms with van der Waals surface area (Å²) < 4.78 is 6.84. The molecule has 0 saturated heterocycles. The Balaban J connectivity index is 1.86. The van der Waals surface area contributed by atoms with Gasteiger partial charge in [-0.25, -0.2) is 0 Å². The lowest BCUT2D eigenvalue weighted by molar-refractivity contribution is -0.123. The zero-order valence-corrected chi connectivity index (χ0v) is 14.3. The standard InChI is InChI=1S/C19H15BrN2O2/c20-15-8-4-10-17(12-15)24-18(14-6-2-1-3-7-14)19(23)22-16-9-5-11-21-13-16/h1-13,18H,(H,22,23)/t18-/m1/s1. The maximum Gasteiger partial charge on any atom is 0.270 e. The second kappa shape index (κ2) is 7.75. The molecule has 1 aromatic heterocycles. The number of pyridine rings is 1. The minimum absolute atomic E-state index is 0.255. The number of halogens is 1. The fourth-order valence-electron chi connectivity index (χ4n) is 2.22. The van der Waals surface area contributed by atoms with Crippen molar-refractivity contribution in [3.05, 3.63) is 89.2 Å². The predicted molar refractivity (Wildman–Crippen MR) is 96.8 cm³/mol. The number of rotatable bonds is 5. The van der Waals surface area contributed by atoms with Crippen LogP contribution in [-0.2, 0) is 4.79 Å². The summed E-state index contributed by atoms with van der Waals surface area (Å²) in [7, 11) is 0. The molecule has 0 spiro atoms. The lowest BCUT2D eigenvalue weighted by Gasteiger charge is -2.19. The summed E-state index contributed by atoms with van der Waals surface area (Å²) in [6.07, 6.45) is 2.49. The van der Waals surface area contributed by atoms with Crippen molar-refractivity contribution in [3.8, 4) is 5.75 Å². The highest BCUT2D eigenvalue weighted by molar-refractivity contribution is 9.10. The quantitative estimate of drug-likeness (QED) is 0.701. The van der Waals surface area contributed by atoms with E-state index < -0.39 is 6.10 Å². The third-order valence-corrected chi connectivity index (χ3v) is 3.81. The summed E-state index contributed by atoms with van der Waals surface area (Å²) in [4.78, 5) is 16.7. The van der Waals surface area contributed by atoms with Gasteiger partial charge < -0.3 is 10.1 Å². The molecule has 1 amide bonds. The Bertz CT molecular complexity index is 810. The van der Waals surface area contributed by atoms with Gasteiger partial charge >= 0.3 is 0 Å². The van der Waals surface area contributed by atoms with E-state index in [2.05, 4.69) is 26.2 Å². The predicted octanol–water partition coefficient (Wildman–Crippen LogP) is 4.60. The maximum atomic E-state index is 12.7. The first-order valence-electron chi connectivity index (χ1n) is 7.40. The Hall–Kier alpha value is -2.66. The van der Waals surface area contributed by atoms with E-state index in [-0.39, 0.29) is 5.91 Å². The van der Waals surface area contributed by atoms with Crippen LogP contribution in [0.3, 0.4) is 0 Å². The molecule has 1 heterocycles. The van der Waals surface area contributed by atoms with E-state index in [1.165, 1.54) is 0 Å². The zero-order chi connectivity index (χ0) is 16.8. The molecule has 2 aromatic carbocycles. The van der Waals surface area contributed by atoms with Crippen molar-refractivity contribution in [1.82, 2.24) is 4.98 Å². The van der Waals surface area contributed by atoms with E-state index in [4.69, 9.17) is 4.74 Å². The first-order valence-corrected chi connectivity index (χ1v) is 8.20. The van der Waals surface area contributed by atoms with Gasteiger partial charge in [0.05, 0.1) is 11.9 Å². The van der Waals surface area contributed by atoms with Gasteiger partial charge in [-0.05, 0) is 30.3 Å². The first kappa shape index (κ1) is 16.2. The molecule has 4 nitrogen and oxygen atoms in total. The highest BCUT2D eigenvalue weighted by Gasteiger charge is 2.23. The summed E-state index contributed by atoms with van der Waals surface area (Å²) >= 11 is 3.41. The topological polar surface area (TPSA) is 51.2 Å². The second-order valence-electron chi connectivity index (χ2n) is 5.10. The molecule has 5 heteroatoms. The zero-order valence-electron chi connectivity index (χ0n) is 12.7. The average Bonchev–Trinajstić information content (AvgIpc) is 2.61. The van der Waals surface area contributed by atoms with Gasteiger partial charge in [-0.1, -0.05) is 52.3 Å². The Labute approximate surface area is 148 Å². The summed E-state index contributed by atoms with van der Waals surface area (Å²) in [5.74, 6) is 0.355. The van der Waals surface area contributed by atoms with Crippen LogP contribution in [0, 0.1) is 0 Å². The lowest BCUT2D eigenvalue weighted by atomic mass is 10.1. The van der Waals surface area contributed by atoms with Crippen LogP contribution in [-0.4, -0.2) is 10.9 Å². The first-order chi connectivity index (χ1) is 11.7. The van der Waals surface area contributed by atoms with Gasteiger partial charge in [0.15, 0.2) is 0 Å². The van der Waals surface area contributed by atoms with Crippen molar-refractivity contribution < 1.29 is 9.53 Å². The number of carbonyl (C=O) groups is 1. The highest BCUT2D eigenvalue weighted by Crippen LogP contribution is 2.25. The number of aromatic nitrogens is 1. The largest absolute Gasteiger partial charge is 0.476 e. The summed E-state index contributed by atoms with van der Waals surface area (Å²) in [5.41, 5.74) is 1.40. The molecular formula is C19H15BrN2O2. The van der Waals surface area contributed by atoms with Crippen molar-refractivity contribution in [1.29, 1.82) is 0 Å². The van der Waals surface area contributed by atoms with Crippen molar-refractivity contribution in [3.63, 3.8) is 0 Å². The van der Waals surface area contributed by atoms with Gasteiger partial charge in [-0.3, -0.25) is 9.78 Å². The van der Waals surface area contributed by atoms with Gasteiger partial charge in [0.25, 0.3) is 5.91 Å². The number of hydrogen-bond acceptors (Lipinski definition) is 3. The smallest absolute Gasteiger partial charge is 0.270 e. The van der Waals surface area contributed by atoms with Crippen LogP contribution in [0.4, 0.5) is 5.69 Å². The fraction of sp³-hybridized carbons (Fsp3) is 0.0526. The molecule has 0 unspecified atom stereocenters. The van der Waals surface area contributed by atoms with E-state index >= 15 is 0 Å². The molecule has 0 aliphatic rings. The number of anilines is 1. The maximum absolute atomic E-state index is 12.7. The number of amides is 1. The monoisotopic (exact) mass is 382 g/mol. The van der Waals surface area contributed by atoms with Gasteiger partial charge in [0, 0.05) is 16.2 Å². The van der Waals surface area contributed by atoms with Crippen molar-refractivity contribution in [2.24, 2.45) is 0 Å². The summed E-state index contributed by atoms with van der Waals surface area (Å²) in [6, 6.07) is 20.4. The summed E-state index contributed by atoms with van der Waals surface area (Å²) in [6.45, 7) is 0. The number of carbonyl (C=O) groups excluding carboxylic acids is 1. The molecule has 3 rings (SSSR count). The number of hydrogen-bond donors (Lipinski definition) is 1. The van der Waals surface area contributed by atoms with Gasteiger partial charge in [-0.2, -0.15) is 0 Å². The van der Waals surface area contributed by atoms with Gasteiger partial charge in [0.2, 0.25) is 6.10 Å². The molecular weight excluding hydrogens is 368 g/mol. The molecule has 0 aliphatic carbocycles. The van der Waals surface area contributed by atoms with Crippen LogP contribution in [0.5, 0.6) is 5.75 Å². The SMILES string of the molecule is O=C(Nc1cccnc1)[C@H](Oc1cccc(Br)c1)c1ccccc1. The molecule has 0 aliphatic heterocycles. The van der Waals surface area contributed by atoms with Crippen LogP contribution in [0.1, 0.15) is 11.7 Å². The van der Waals surface area contributed by atoms with Crippen molar-refractivity contribution in [2.45, 2.75) is 6.10 Å². The van der Waals surface area contributed by atoms with E-state index in [1.807, 2.05) is 54.6 Å². The molecule has 3 aromatic rings. The molecule has 0 saturated carbocycles. The molecule has 1 N–H and O–H groups in total. The van der Waals surface area contributed by atoms with Crippen LogP contribution >= 0.6 is 15.9 Å². The average molecular weight is 383 g/mol.